The van der Waals surface area contributed by atoms with Gasteiger partial charge < -0.3 is 64.5 Å². The predicted molar refractivity (Wildman–Crippen MR) is 413 cm³/mol. The first-order chi connectivity index (χ1) is 48.1. The van der Waals surface area contributed by atoms with Gasteiger partial charge in [-0.3, -0.25) is 71.9 Å². The van der Waals surface area contributed by atoms with E-state index in [4.69, 9.17) is 63.9 Å². The van der Waals surface area contributed by atoms with Crippen molar-refractivity contribution >= 4 is 82.1 Å². The molecule has 0 amide bonds. The number of carbonyl (C=O) groups excluding carboxylic acids is 3. The van der Waals surface area contributed by atoms with Crippen LogP contribution in [0.3, 0.4) is 0 Å². The first-order valence-electron chi connectivity index (χ1n) is 37.1. The van der Waals surface area contributed by atoms with Gasteiger partial charge in [-0.15, -0.1) is 5.06 Å². The van der Waals surface area contributed by atoms with E-state index in [0.717, 1.165) is 142 Å². The maximum Gasteiger partial charge on any atom is 0.328 e. The fraction of sp³-hybridized carbons (Fsp3) is 0.806. The van der Waals surface area contributed by atoms with Gasteiger partial charge in [0.15, 0.2) is 0 Å². The predicted octanol–water partition coefficient (Wildman–Crippen LogP) is 7.24. The maximum absolute atomic E-state index is 11.5. The van der Waals surface area contributed by atoms with Gasteiger partial charge in [0.2, 0.25) is 5.84 Å². The Kier molecular flexibility index (Phi) is 49.6. The third-order valence-corrected chi connectivity index (χ3v) is 19.1. The zero-order valence-corrected chi connectivity index (χ0v) is 66.3. The topological polar surface area (TPSA) is 397 Å². The SMILES string of the molecule is CC(=N)N1CC1.CC(=N)N1CCC(C(=O)O)CC1.CC(=N)N1CCC(C(=O)ON(C)C)CC1.CC(=N)N1CCC(C(=O)ON)CC1.CC(=N)N1CCC1.CC(=N)N1CCCC1.CC(=N)N1CCCCC1.CC(C)=[N+](C)C.CC(N1CCC1)=[N+]1CCC1.CCOC(=O)C1CCN(C(C)=N)CC1.CN. The van der Waals surface area contributed by atoms with Crippen LogP contribution in [0.4, 0.5) is 0 Å². The quantitative estimate of drug-likeness (QED) is 0.0311. The van der Waals surface area contributed by atoms with Crippen LogP contribution in [0, 0.1) is 66.9 Å². The number of likely N-dealkylation sites (tertiary alicyclic amines) is 8. The van der Waals surface area contributed by atoms with Crippen molar-refractivity contribution in [3.05, 3.63) is 0 Å². The molecule has 102 heavy (non-hydrogen) atoms. The van der Waals surface area contributed by atoms with Gasteiger partial charge in [0.25, 0.3) is 0 Å². The summed E-state index contributed by atoms with van der Waals surface area (Å²) >= 11 is 0. The third kappa shape index (κ3) is 41.1. The summed E-state index contributed by atoms with van der Waals surface area (Å²) in [5, 5.41) is 68.3. The molecule has 0 radical (unpaired) electrons. The number of hydroxylamine groups is 2. The Morgan fingerprint density at radius 1 is 0.402 bits per heavy atom. The van der Waals surface area contributed by atoms with Crippen LogP contribution in [0.15, 0.2) is 0 Å². The number of nitrogens with one attached hydrogen (secondary N) is 8. The third-order valence-electron chi connectivity index (χ3n) is 19.1. The number of rotatable bonds is 6. The molecule has 30 nitrogen and oxygen atoms in total. The Morgan fingerprint density at radius 3 is 0.853 bits per heavy atom. The van der Waals surface area contributed by atoms with Crippen molar-refractivity contribution in [3.63, 3.8) is 0 Å². The van der Waals surface area contributed by atoms with Crippen LogP contribution in [0.5, 0.6) is 0 Å². The van der Waals surface area contributed by atoms with E-state index < -0.39 is 5.97 Å². The van der Waals surface area contributed by atoms with Crippen LogP contribution in [0.1, 0.15) is 186 Å². The molecule has 0 aliphatic carbocycles. The molecule has 0 spiro atoms. The highest BCUT2D eigenvalue weighted by Crippen LogP contribution is 2.22. The summed E-state index contributed by atoms with van der Waals surface area (Å²) in [6, 6.07) is 0. The Balaban J connectivity index is 0.00000112. The first-order valence-corrected chi connectivity index (χ1v) is 37.1. The Hall–Kier alpha value is -7.34. The second-order valence-electron chi connectivity index (χ2n) is 27.6. The summed E-state index contributed by atoms with van der Waals surface area (Å²) in [7, 11) is 8.98. The van der Waals surface area contributed by atoms with E-state index in [1.165, 1.54) is 101 Å². The van der Waals surface area contributed by atoms with E-state index in [9.17, 15) is 19.2 Å². The number of nitrogens with two attached hydrogens (primary N) is 2. The van der Waals surface area contributed by atoms with Crippen LogP contribution in [0.25, 0.3) is 0 Å². The second kappa shape index (κ2) is 53.4. The maximum atomic E-state index is 11.5. The van der Waals surface area contributed by atoms with Crippen LogP contribution >= 0.6 is 0 Å². The molecule has 10 heterocycles. The van der Waals surface area contributed by atoms with Crippen molar-refractivity contribution in [3.8, 4) is 0 Å². The van der Waals surface area contributed by atoms with E-state index in [0.29, 0.717) is 67.6 Å². The lowest BCUT2D eigenvalue weighted by molar-refractivity contribution is -0.588. The Morgan fingerprint density at radius 2 is 0.657 bits per heavy atom. The summed E-state index contributed by atoms with van der Waals surface area (Å²) in [4.78, 5) is 72.3. The Labute approximate surface area is 613 Å². The van der Waals surface area contributed by atoms with Crippen LogP contribution in [-0.2, 0) is 33.6 Å². The molecule has 0 atom stereocenters. The molecule has 0 bridgehead atoms. The van der Waals surface area contributed by atoms with Gasteiger partial charge in [-0.1, -0.05) is 0 Å². The zero-order valence-electron chi connectivity index (χ0n) is 66.3. The highest BCUT2D eigenvalue weighted by molar-refractivity contribution is 5.81. The lowest BCUT2D eigenvalue weighted by atomic mass is 9.97. The first kappa shape index (κ1) is 94.7. The van der Waals surface area contributed by atoms with E-state index in [-0.39, 0.29) is 41.6 Å². The highest BCUT2D eigenvalue weighted by Gasteiger charge is 2.31. The average Bonchev–Trinajstić information content (AvgIpc) is 0.858. The number of aliphatic carboxylic acids is 1. The number of hydrogen-bond acceptors (Lipinski definition) is 18. The number of amidine groups is 9. The number of ether oxygens (including phenoxy) is 1. The minimum atomic E-state index is -0.697. The number of nitrogens with zero attached hydrogens (tertiary/aromatic N) is 12. The summed E-state index contributed by atoms with van der Waals surface area (Å²) in [5.41, 5.74) is 5.84. The normalized spacial score (nSPS) is 18.2. The molecule has 13 N–H and O–H groups in total. The molecular weight excluding hydrogens is 1300 g/mol. The van der Waals surface area contributed by atoms with Crippen LogP contribution in [-0.4, -0.2) is 318 Å². The number of carboxylic acid groups (broad SMARTS) is 1. The van der Waals surface area contributed by atoms with Crippen molar-refractivity contribution in [1.82, 2.24) is 49.2 Å². The van der Waals surface area contributed by atoms with Crippen molar-refractivity contribution in [1.29, 1.82) is 43.3 Å². The number of carbonyl (C=O) groups is 4. The molecule has 30 heteroatoms. The largest absolute Gasteiger partial charge is 0.481 e. The summed E-state index contributed by atoms with van der Waals surface area (Å²) in [5.74, 6) is 9.95. The summed E-state index contributed by atoms with van der Waals surface area (Å²) < 4.78 is 9.52. The smallest absolute Gasteiger partial charge is 0.328 e. The molecule has 0 saturated carbocycles. The molecule has 10 saturated heterocycles. The van der Waals surface area contributed by atoms with E-state index in [1.54, 1.807) is 41.8 Å². The molecule has 0 aromatic rings. The van der Waals surface area contributed by atoms with Gasteiger partial charge in [-0.25, -0.2) is 4.58 Å². The lowest BCUT2D eigenvalue weighted by Crippen LogP contribution is -2.48. The van der Waals surface area contributed by atoms with Gasteiger partial charge in [-0.05, 0) is 159 Å². The van der Waals surface area contributed by atoms with Crippen molar-refractivity contribution in [2.24, 2.45) is 35.3 Å². The van der Waals surface area contributed by atoms with Crippen LogP contribution < -0.4 is 11.6 Å². The number of esters is 1. The van der Waals surface area contributed by atoms with Crippen molar-refractivity contribution in [2.75, 3.05) is 173 Å². The van der Waals surface area contributed by atoms with Crippen LogP contribution in [0.2, 0.25) is 0 Å². The van der Waals surface area contributed by atoms with Gasteiger partial charge in [0.1, 0.15) is 19.8 Å². The Bertz CT molecular complexity index is 2570. The molecule has 586 valence electrons. The molecule has 10 aliphatic rings. The monoisotopic (exact) mass is 1440 g/mol. The summed E-state index contributed by atoms with van der Waals surface area (Å²) in [6.45, 7) is 43.2. The molecule has 0 aromatic carbocycles. The highest BCUT2D eigenvalue weighted by atomic mass is 16.7. The van der Waals surface area contributed by atoms with Gasteiger partial charge >= 0.3 is 23.9 Å². The zero-order chi connectivity index (χ0) is 77.6. The number of piperidine rings is 5. The van der Waals surface area contributed by atoms with E-state index in [2.05, 4.69) is 60.1 Å². The minimum Gasteiger partial charge on any atom is -0.481 e. The average molecular weight is 1440 g/mol. The summed E-state index contributed by atoms with van der Waals surface area (Å²) in [6.07, 6.45) is 16.5. The second-order valence-corrected chi connectivity index (χ2v) is 27.6. The molecular formula is C72H142N22O8+2. The van der Waals surface area contributed by atoms with Crippen molar-refractivity contribution in [2.45, 2.75) is 186 Å². The fourth-order valence-corrected chi connectivity index (χ4v) is 11.2. The minimum absolute atomic E-state index is 0.0111. The van der Waals surface area contributed by atoms with E-state index in [1.807, 2.05) is 73.2 Å². The van der Waals surface area contributed by atoms with Crippen molar-refractivity contribution < 1.29 is 47.8 Å². The molecule has 0 aromatic heterocycles. The van der Waals surface area contributed by atoms with E-state index >= 15 is 0 Å². The molecule has 0 unspecified atom stereocenters. The molecule has 10 fully saturated rings. The van der Waals surface area contributed by atoms with Gasteiger partial charge in [0, 0.05) is 152 Å². The number of hydrogen-bond donors (Lipinski definition) is 11. The van der Waals surface area contributed by atoms with Gasteiger partial charge in [-0.2, -0.15) is 5.90 Å². The number of carboxylic acids is 1. The standard InChI is InChI=1S/C10H19N3O2.C10H18N2O2.C8H15N3O2.C8H14N2O2.C8H15N2.C7H14N2.C6H12N2.C5H10N2.C5H12N.C4H8N2.CH5N/c1-8(11)13-6-4-9(5-7-13)10(14)15-12(2)3;1-3-14-10(13)9-4-6-12(7-5-9)8(2)11;1-6(9)11-4-2-7(3-5-11)8(12)13-10;1-6(9)10-4-2-7(3-5-10)8(11)12;1-8(9-4-2-5-9)10-6-3-7-10;1-7(8)9-5-3-2-4-6-9;1-6(7)8-4-2-3-5-8;1-5(6)7-3-2-4-7;1-5(2)6(3)4;1-4(5)6-2-3-6;1-2/h9,11H,4-7H2,1-3H3;9,11H,3-7H2,1-2H3;7,9H,2-5,10H2,1H3;7,9H,2-5H2,1H3,(H,11,12);2-7H2,1H3;8H,2-6H2,1H3;7H,2-5H2,1H3;6H,2-4H2,1H3;1-4H3;5H,2-3H2,1H3;2H2,1H3/q;;;;+1;;;;+1;;. The fourth-order valence-electron chi connectivity index (χ4n) is 11.2. The van der Waals surface area contributed by atoms with Gasteiger partial charge in [0.05, 0.1) is 103 Å². The molecule has 10 rings (SSSR count). The lowest BCUT2D eigenvalue weighted by Gasteiger charge is -2.31. The molecule has 10 aliphatic heterocycles.